The van der Waals surface area contributed by atoms with Gasteiger partial charge < -0.3 is 9.52 Å². The number of hydrogen-bond donors (Lipinski definition) is 1. The van der Waals surface area contributed by atoms with Crippen molar-refractivity contribution < 1.29 is 9.52 Å². The summed E-state index contributed by atoms with van der Waals surface area (Å²) >= 11 is 1.80. The second-order valence-electron chi connectivity index (χ2n) is 5.69. The quantitative estimate of drug-likeness (QED) is 0.699. The molecule has 0 bridgehead atoms. The maximum Gasteiger partial charge on any atom is 0.117 e. The summed E-state index contributed by atoms with van der Waals surface area (Å²) in [7, 11) is 0. The second kappa shape index (κ2) is 7.59. The van der Waals surface area contributed by atoms with E-state index in [2.05, 4.69) is 24.0 Å². The first-order chi connectivity index (χ1) is 11.2. The molecule has 120 valence electrons. The highest BCUT2D eigenvalue weighted by molar-refractivity contribution is 7.11. The standard InChI is InChI=1S/C19H21NO2S/c1-15-9-10-18(23-15)13-20(12-17-8-5-11-22-17)14-19(21)16-6-3-2-4-7-16/h2-11,19,21H,12-14H2,1H3. The number of aliphatic hydroxyl groups excluding tert-OH is 1. The molecule has 1 unspecified atom stereocenters. The van der Waals surface area contributed by atoms with Crippen molar-refractivity contribution in [1.29, 1.82) is 0 Å². The predicted molar refractivity (Wildman–Crippen MR) is 93.3 cm³/mol. The van der Waals surface area contributed by atoms with Gasteiger partial charge in [0, 0.05) is 22.8 Å². The van der Waals surface area contributed by atoms with Gasteiger partial charge in [0.25, 0.3) is 0 Å². The molecule has 0 saturated heterocycles. The van der Waals surface area contributed by atoms with Crippen LogP contribution < -0.4 is 0 Å². The molecule has 2 heterocycles. The fourth-order valence-corrected chi connectivity index (χ4v) is 3.56. The molecule has 0 aliphatic heterocycles. The van der Waals surface area contributed by atoms with Crippen LogP contribution in [0.15, 0.2) is 65.3 Å². The van der Waals surface area contributed by atoms with Crippen LogP contribution in [0.1, 0.15) is 27.2 Å². The average Bonchev–Trinajstić information content (AvgIpc) is 3.20. The van der Waals surface area contributed by atoms with Gasteiger partial charge in [0.1, 0.15) is 5.76 Å². The molecule has 2 aromatic heterocycles. The molecule has 0 radical (unpaired) electrons. The molecule has 23 heavy (non-hydrogen) atoms. The molecule has 0 saturated carbocycles. The van der Waals surface area contributed by atoms with E-state index < -0.39 is 6.10 Å². The van der Waals surface area contributed by atoms with Gasteiger partial charge in [-0.1, -0.05) is 30.3 Å². The van der Waals surface area contributed by atoms with Crippen LogP contribution in [0.5, 0.6) is 0 Å². The van der Waals surface area contributed by atoms with Crippen molar-refractivity contribution in [3.63, 3.8) is 0 Å². The summed E-state index contributed by atoms with van der Waals surface area (Å²) < 4.78 is 5.47. The van der Waals surface area contributed by atoms with Crippen molar-refractivity contribution in [2.45, 2.75) is 26.1 Å². The van der Waals surface area contributed by atoms with Crippen LogP contribution in [0.4, 0.5) is 0 Å². The molecule has 1 aromatic carbocycles. The fraction of sp³-hybridized carbons (Fsp3) is 0.263. The molecule has 0 aliphatic carbocycles. The molecular weight excluding hydrogens is 306 g/mol. The first kappa shape index (κ1) is 16.0. The third-order valence-electron chi connectivity index (χ3n) is 3.75. The van der Waals surface area contributed by atoms with Gasteiger partial charge in [-0.3, -0.25) is 4.90 Å². The van der Waals surface area contributed by atoms with Gasteiger partial charge in [0.2, 0.25) is 0 Å². The van der Waals surface area contributed by atoms with E-state index in [-0.39, 0.29) is 0 Å². The lowest BCUT2D eigenvalue weighted by Crippen LogP contribution is -2.27. The Labute approximate surface area is 140 Å². The Morgan fingerprint density at radius 3 is 2.52 bits per heavy atom. The lowest BCUT2D eigenvalue weighted by molar-refractivity contribution is 0.101. The summed E-state index contributed by atoms with van der Waals surface area (Å²) in [5, 5.41) is 10.5. The van der Waals surface area contributed by atoms with Crippen molar-refractivity contribution >= 4 is 11.3 Å². The highest BCUT2D eigenvalue weighted by Crippen LogP contribution is 2.21. The maximum absolute atomic E-state index is 10.5. The number of rotatable bonds is 7. The van der Waals surface area contributed by atoms with E-state index in [9.17, 15) is 5.11 Å². The highest BCUT2D eigenvalue weighted by atomic mass is 32.1. The van der Waals surface area contributed by atoms with Gasteiger partial charge in [0.05, 0.1) is 18.9 Å². The van der Waals surface area contributed by atoms with Crippen molar-refractivity contribution in [3.05, 3.63) is 81.9 Å². The lowest BCUT2D eigenvalue weighted by Gasteiger charge is -2.24. The van der Waals surface area contributed by atoms with Crippen LogP contribution in [0.3, 0.4) is 0 Å². The van der Waals surface area contributed by atoms with E-state index in [1.54, 1.807) is 17.6 Å². The number of hydrogen-bond acceptors (Lipinski definition) is 4. The van der Waals surface area contributed by atoms with E-state index in [0.29, 0.717) is 13.1 Å². The minimum atomic E-state index is -0.507. The first-order valence-corrected chi connectivity index (χ1v) is 8.55. The van der Waals surface area contributed by atoms with Gasteiger partial charge in [0.15, 0.2) is 0 Å². The zero-order chi connectivity index (χ0) is 16.1. The van der Waals surface area contributed by atoms with Crippen LogP contribution in [0.25, 0.3) is 0 Å². The maximum atomic E-state index is 10.5. The first-order valence-electron chi connectivity index (χ1n) is 7.74. The van der Waals surface area contributed by atoms with Gasteiger partial charge in [-0.05, 0) is 36.8 Å². The monoisotopic (exact) mass is 327 g/mol. The largest absolute Gasteiger partial charge is 0.468 e. The number of nitrogens with zero attached hydrogens (tertiary/aromatic N) is 1. The van der Waals surface area contributed by atoms with Crippen molar-refractivity contribution in [3.8, 4) is 0 Å². The van der Waals surface area contributed by atoms with Gasteiger partial charge in [-0.15, -0.1) is 11.3 Å². The molecule has 3 rings (SSSR count). The Kier molecular flexibility index (Phi) is 5.28. The molecule has 1 atom stereocenters. The van der Waals surface area contributed by atoms with Gasteiger partial charge in [-0.2, -0.15) is 0 Å². The summed E-state index contributed by atoms with van der Waals surface area (Å²) in [4.78, 5) is 4.83. The van der Waals surface area contributed by atoms with Crippen LogP contribution in [0.2, 0.25) is 0 Å². The van der Waals surface area contributed by atoms with Crippen molar-refractivity contribution in [2.75, 3.05) is 6.54 Å². The summed E-state index contributed by atoms with van der Waals surface area (Å²) in [6, 6.07) is 18.0. The number of aryl methyl sites for hydroxylation is 1. The summed E-state index contributed by atoms with van der Waals surface area (Å²) in [5.74, 6) is 0.915. The van der Waals surface area contributed by atoms with Crippen LogP contribution in [0, 0.1) is 6.92 Å². The molecular formula is C19H21NO2S. The fourth-order valence-electron chi connectivity index (χ4n) is 2.62. The molecule has 0 amide bonds. The minimum absolute atomic E-state index is 0.507. The van der Waals surface area contributed by atoms with Gasteiger partial charge in [-0.25, -0.2) is 0 Å². The summed E-state index contributed by atoms with van der Waals surface area (Å²) in [6.45, 7) is 4.18. The van der Waals surface area contributed by atoms with E-state index in [1.165, 1.54) is 9.75 Å². The Morgan fingerprint density at radius 1 is 1.04 bits per heavy atom. The topological polar surface area (TPSA) is 36.6 Å². The molecule has 1 N–H and O–H groups in total. The molecule has 3 aromatic rings. The molecule has 3 nitrogen and oxygen atoms in total. The van der Waals surface area contributed by atoms with E-state index in [4.69, 9.17) is 4.42 Å². The number of aliphatic hydroxyl groups is 1. The van der Waals surface area contributed by atoms with Crippen LogP contribution in [-0.4, -0.2) is 16.6 Å². The van der Waals surface area contributed by atoms with Crippen molar-refractivity contribution in [2.24, 2.45) is 0 Å². The van der Waals surface area contributed by atoms with E-state index in [1.807, 2.05) is 42.5 Å². The second-order valence-corrected chi connectivity index (χ2v) is 7.06. The third-order valence-corrected chi connectivity index (χ3v) is 4.74. The Hall–Kier alpha value is -1.88. The molecule has 0 spiro atoms. The SMILES string of the molecule is Cc1ccc(CN(Cc2ccco2)CC(O)c2ccccc2)s1. The summed E-state index contributed by atoms with van der Waals surface area (Å²) in [5.41, 5.74) is 0.944. The third kappa shape index (κ3) is 4.55. The van der Waals surface area contributed by atoms with E-state index in [0.717, 1.165) is 17.9 Å². The molecule has 4 heteroatoms. The lowest BCUT2D eigenvalue weighted by atomic mass is 10.1. The zero-order valence-electron chi connectivity index (χ0n) is 13.2. The molecule has 0 aliphatic rings. The average molecular weight is 327 g/mol. The number of benzene rings is 1. The van der Waals surface area contributed by atoms with E-state index >= 15 is 0 Å². The number of thiophene rings is 1. The highest BCUT2D eigenvalue weighted by Gasteiger charge is 2.16. The Morgan fingerprint density at radius 2 is 1.87 bits per heavy atom. The minimum Gasteiger partial charge on any atom is -0.468 e. The molecule has 0 fully saturated rings. The van der Waals surface area contributed by atoms with Crippen molar-refractivity contribution in [1.82, 2.24) is 4.90 Å². The van der Waals surface area contributed by atoms with Crippen LogP contribution in [-0.2, 0) is 13.1 Å². The summed E-state index contributed by atoms with van der Waals surface area (Å²) in [6.07, 6.45) is 1.18. The predicted octanol–water partition coefficient (Wildman–Crippen LogP) is 4.39. The van der Waals surface area contributed by atoms with Gasteiger partial charge >= 0.3 is 0 Å². The Balaban J connectivity index is 1.71. The normalized spacial score (nSPS) is 12.7. The van der Waals surface area contributed by atoms with Crippen LogP contribution >= 0.6 is 11.3 Å². The smallest absolute Gasteiger partial charge is 0.117 e. The zero-order valence-corrected chi connectivity index (χ0v) is 14.0. The number of furan rings is 1. The Bertz CT molecular complexity index is 706.